The molecule has 3 rings (SSSR count). The van der Waals surface area contributed by atoms with E-state index < -0.39 is 0 Å². The molecule has 0 fully saturated rings. The first-order valence-electron chi connectivity index (χ1n) is 5.36. The van der Waals surface area contributed by atoms with E-state index in [2.05, 4.69) is 4.98 Å². The predicted molar refractivity (Wildman–Crippen MR) is 73.8 cm³/mol. The molecule has 0 spiro atoms. The summed E-state index contributed by atoms with van der Waals surface area (Å²) in [4.78, 5) is 4.25. The average molecular weight is 297 g/mol. The zero-order valence-corrected chi connectivity index (χ0v) is 11.0. The van der Waals surface area contributed by atoms with Crippen molar-refractivity contribution in [1.29, 1.82) is 0 Å². The molecular formula is C13H7Cl2FN2O. The van der Waals surface area contributed by atoms with E-state index in [4.69, 9.17) is 33.4 Å². The van der Waals surface area contributed by atoms with E-state index in [1.165, 1.54) is 12.1 Å². The molecule has 1 aromatic heterocycles. The Labute approximate surface area is 117 Å². The van der Waals surface area contributed by atoms with Crippen molar-refractivity contribution in [3.63, 3.8) is 0 Å². The normalized spacial score (nSPS) is 11.1. The van der Waals surface area contributed by atoms with Crippen molar-refractivity contribution in [3.05, 3.63) is 46.2 Å². The molecule has 0 atom stereocenters. The smallest absolute Gasteiger partial charge is 0.227 e. The molecule has 2 N–H and O–H groups in total. The van der Waals surface area contributed by atoms with Gasteiger partial charge in [-0.25, -0.2) is 9.37 Å². The van der Waals surface area contributed by atoms with Crippen LogP contribution in [0.3, 0.4) is 0 Å². The topological polar surface area (TPSA) is 52.0 Å². The fourth-order valence-corrected chi connectivity index (χ4v) is 2.21. The minimum atomic E-state index is -0.329. The highest BCUT2D eigenvalue weighted by atomic mass is 35.5. The van der Waals surface area contributed by atoms with E-state index in [0.717, 1.165) is 0 Å². The van der Waals surface area contributed by atoms with Crippen LogP contribution in [-0.2, 0) is 0 Å². The van der Waals surface area contributed by atoms with Crippen molar-refractivity contribution >= 4 is 40.0 Å². The highest BCUT2D eigenvalue weighted by Gasteiger charge is 2.15. The zero-order chi connectivity index (χ0) is 13.6. The van der Waals surface area contributed by atoms with Gasteiger partial charge in [-0.3, -0.25) is 0 Å². The van der Waals surface area contributed by atoms with Crippen LogP contribution in [-0.4, -0.2) is 4.98 Å². The summed E-state index contributed by atoms with van der Waals surface area (Å²) in [5.74, 6) is 0.00347. The first-order chi connectivity index (χ1) is 9.06. The SMILES string of the molecule is Nc1c(Cl)cc2oc(-c3ccc(F)cc3)nc2c1Cl. The van der Waals surface area contributed by atoms with Gasteiger partial charge in [-0.2, -0.15) is 0 Å². The minimum Gasteiger partial charge on any atom is -0.436 e. The van der Waals surface area contributed by atoms with Crippen molar-refractivity contribution in [1.82, 2.24) is 4.98 Å². The van der Waals surface area contributed by atoms with Gasteiger partial charge in [0, 0.05) is 11.6 Å². The van der Waals surface area contributed by atoms with Gasteiger partial charge >= 0.3 is 0 Å². The third-order valence-corrected chi connectivity index (χ3v) is 3.40. The highest BCUT2D eigenvalue weighted by Crippen LogP contribution is 2.36. The Hall–Kier alpha value is -1.78. The molecule has 0 bridgehead atoms. The Kier molecular flexibility index (Phi) is 2.84. The summed E-state index contributed by atoms with van der Waals surface area (Å²) >= 11 is 12.0. The monoisotopic (exact) mass is 296 g/mol. The van der Waals surface area contributed by atoms with E-state index in [1.54, 1.807) is 18.2 Å². The Morgan fingerprint density at radius 2 is 1.84 bits per heavy atom. The Bertz CT molecular complexity index is 768. The van der Waals surface area contributed by atoms with Gasteiger partial charge in [0.2, 0.25) is 5.89 Å². The number of halogens is 3. The molecule has 0 unspecified atom stereocenters. The lowest BCUT2D eigenvalue weighted by molar-refractivity contribution is 0.616. The quantitative estimate of drug-likeness (QED) is 0.672. The molecule has 6 heteroatoms. The second kappa shape index (κ2) is 4.40. The van der Waals surface area contributed by atoms with Gasteiger partial charge in [0.25, 0.3) is 0 Å². The summed E-state index contributed by atoms with van der Waals surface area (Å²) in [6.45, 7) is 0. The highest BCUT2D eigenvalue weighted by molar-refractivity contribution is 6.42. The fraction of sp³-hybridized carbons (Fsp3) is 0. The summed E-state index contributed by atoms with van der Waals surface area (Å²) < 4.78 is 18.4. The summed E-state index contributed by atoms with van der Waals surface area (Å²) in [7, 11) is 0. The number of nitrogen functional groups attached to an aromatic ring is 1. The predicted octanol–water partition coefficient (Wildman–Crippen LogP) is 4.52. The van der Waals surface area contributed by atoms with Crippen LogP contribution >= 0.6 is 23.2 Å². The van der Waals surface area contributed by atoms with Crippen LogP contribution in [0.25, 0.3) is 22.6 Å². The lowest BCUT2D eigenvalue weighted by atomic mass is 10.2. The summed E-state index contributed by atoms with van der Waals surface area (Å²) in [6.07, 6.45) is 0. The molecule has 0 aliphatic rings. The lowest BCUT2D eigenvalue weighted by Gasteiger charge is -1.99. The molecule has 3 nitrogen and oxygen atoms in total. The van der Waals surface area contributed by atoms with Crippen LogP contribution in [0.5, 0.6) is 0 Å². The Morgan fingerprint density at radius 1 is 1.16 bits per heavy atom. The van der Waals surface area contributed by atoms with Crippen LogP contribution in [0.2, 0.25) is 10.0 Å². The van der Waals surface area contributed by atoms with E-state index in [1.807, 2.05) is 0 Å². The maximum Gasteiger partial charge on any atom is 0.227 e. The molecule has 2 aromatic carbocycles. The van der Waals surface area contributed by atoms with Gasteiger partial charge in [-0.05, 0) is 24.3 Å². The Balaban J connectivity index is 2.22. The number of oxazole rings is 1. The number of benzene rings is 2. The molecule has 19 heavy (non-hydrogen) atoms. The molecule has 0 amide bonds. The minimum absolute atomic E-state index is 0.250. The van der Waals surface area contributed by atoms with Crippen LogP contribution < -0.4 is 5.73 Å². The first-order valence-corrected chi connectivity index (χ1v) is 6.12. The molecule has 0 radical (unpaired) electrons. The van der Waals surface area contributed by atoms with Gasteiger partial charge in [0.05, 0.1) is 15.7 Å². The number of hydrogen-bond donors (Lipinski definition) is 1. The molecular weight excluding hydrogens is 290 g/mol. The number of nitrogens with zero attached hydrogens (tertiary/aromatic N) is 1. The van der Waals surface area contributed by atoms with Crippen molar-refractivity contribution in [2.24, 2.45) is 0 Å². The van der Waals surface area contributed by atoms with E-state index in [-0.39, 0.29) is 16.5 Å². The second-order valence-corrected chi connectivity index (χ2v) is 4.74. The number of fused-ring (bicyclic) bond motifs is 1. The number of anilines is 1. The van der Waals surface area contributed by atoms with Crippen molar-refractivity contribution < 1.29 is 8.81 Å². The zero-order valence-electron chi connectivity index (χ0n) is 9.45. The number of nitrogens with two attached hydrogens (primary N) is 1. The van der Waals surface area contributed by atoms with Gasteiger partial charge < -0.3 is 10.2 Å². The van der Waals surface area contributed by atoms with Crippen LogP contribution in [0.15, 0.2) is 34.7 Å². The first kappa shape index (κ1) is 12.3. The van der Waals surface area contributed by atoms with Gasteiger partial charge in [-0.15, -0.1) is 0 Å². The standard InChI is InChI=1S/C13H7Cl2FN2O/c14-8-5-9-12(10(15)11(8)17)18-13(19-9)6-1-3-7(16)4-2-6/h1-5H,17H2. The van der Waals surface area contributed by atoms with Crippen molar-refractivity contribution in [3.8, 4) is 11.5 Å². The van der Waals surface area contributed by atoms with E-state index in [0.29, 0.717) is 27.6 Å². The average Bonchev–Trinajstić information content (AvgIpc) is 2.81. The second-order valence-electron chi connectivity index (χ2n) is 3.96. The van der Waals surface area contributed by atoms with Crippen LogP contribution in [0.4, 0.5) is 10.1 Å². The lowest BCUT2D eigenvalue weighted by Crippen LogP contribution is -1.88. The number of aromatic nitrogens is 1. The van der Waals surface area contributed by atoms with Gasteiger partial charge in [-0.1, -0.05) is 23.2 Å². The van der Waals surface area contributed by atoms with E-state index in [9.17, 15) is 4.39 Å². The Morgan fingerprint density at radius 3 is 2.53 bits per heavy atom. The van der Waals surface area contributed by atoms with Crippen molar-refractivity contribution in [2.45, 2.75) is 0 Å². The molecule has 96 valence electrons. The molecule has 0 aliphatic heterocycles. The summed E-state index contributed by atoms with van der Waals surface area (Å²) in [5, 5.41) is 0.555. The van der Waals surface area contributed by atoms with Crippen LogP contribution in [0.1, 0.15) is 0 Å². The number of hydrogen-bond acceptors (Lipinski definition) is 3. The molecule has 0 saturated heterocycles. The summed E-state index contributed by atoms with van der Waals surface area (Å²) in [5.41, 5.74) is 7.49. The molecule has 1 heterocycles. The fourth-order valence-electron chi connectivity index (χ4n) is 1.73. The third-order valence-electron chi connectivity index (χ3n) is 2.70. The molecule has 0 saturated carbocycles. The van der Waals surface area contributed by atoms with Gasteiger partial charge in [0.1, 0.15) is 11.3 Å². The molecule has 3 aromatic rings. The van der Waals surface area contributed by atoms with E-state index >= 15 is 0 Å². The summed E-state index contributed by atoms with van der Waals surface area (Å²) in [6, 6.07) is 7.34. The van der Waals surface area contributed by atoms with Crippen LogP contribution in [0, 0.1) is 5.82 Å². The van der Waals surface area contributed by atoms with Gasteiger partial charge in [0.15, 0.2) is 5.58 Å². The molecule has 0 aliphatic carbocycles. The number of rotatable bonds is 1. The largest absolute Gasteiger partial charge is 0.436 e. The maximum absolute atomic E-state index is 12.9. The third kappa shape index (κ3) is 2.03. The van der Waals surface area contributed by atoms with Crippen molar-refractivity contribution in [2.75, 3.05) is 5.73 Å². The maximum atomic E-state index is 12.9.